The highest BCUT2D eigenvalue weighted by atomic mass is 16.5. The number of anilines is 1. The maximum Gasteiger partial charge on any atom is 0.329 e. The van der Waals surface area contributed by atoms with E-state index in [1.54, 1.807) is 31.3 Å². The average Bonchev–Trinajstić information content (AvgIpc) is 2.53. The third kappa shape index (κ3) is 7.67. The van der Waals surface area contributed by atoms with Gasteiger partial charge >= 0.3 is 11.8 Å². The molecule has 0 aliphatic heterocycles. The summed E-state index contributed by atoms with van der Waals surface area (Å²) in [7, 11) is 1.48. The highest BCUT2D eigenvalue weighted by molar-refractivity contribution is 6.35. The monoisotopic (exact) mass is 321 g/mol. The molecule has 0 aromatic carbocycles. The minimum atomic E-state index is -0.911. The van der Waals surface area contributed by atoms with Crippen molar-refractivity contribution in [1.29, 1.82) is 0 Å². The van der Waals surface area contributed by atoms with Crippen molar-refractivity contribution in [2.45, 2.75) is 13.3 Å². The number of amides is 3. The second kappa shape index (κ2) is 10.0. The Morgan fingerprint density at radius 2 is 2.04 bits per heavy atom. The SMILES string of the molecule is COCCNC(=O)C(=O)NN=C(C)CC(=O)Nc1ccccn1. The van der Waals surface area contributed by atoms with E-state index < -0.39 is 11.8 Å². The van der Waals surface area contributed by atoms with Gasteiger partial charge in [0.15, 0.2) is 0 Å². The van der Waals surface area contributed by atoms with Crippen LogP contribution < -0.4 is 16.1 Å². The lowest BCUT2D eigenvalue weighted by molar-refractivity contribution is -0.139. The fraction of sp³-hybridized carbons (Fsp3) is 0.357. The van der Waals surface area contributed by atoms with E-state index in [-0.39, 0.29) is 18.9 Å². The Labute approximate surface area is 133 Å². The molecule has 124 valence electrons. The maximum absolute atomic E-state index is 11.7. The summed E-state index contributed by atoms with van der Waals surface area (Å²) in [4.78, 5) is 38.5. The summed E-state index contributed by atoms with van der Waals surface area (Å²) < 4.78 is 4.74. The fourth-order valence-electron chi connectivity index (χ4n) is 1.44. The summed E-state index contributed by atoms with van der Waals surface area (Å²) in [5.41, 5.74) is 2.42. The molecular weight excluding hydrogens is 302 g/mol. The van der Waals surface area contributed by atoms with Crippen LogP contribution in [0, 0.1) is 0 Å². The smallest absolute Gasteiger partial charge is 0.329 e. The molecule has 1 heterocycles. The van der Waals surface area contributed by atoms with Gasteiger partial charge in [0, 0.05) is 25.6 Å². The van der Waals surface area contributed by atoms with Crippen molar-refractivity contribution in [3.63, 3.8) is 0 Å². The number of aromatic nitrogens is 1. The zero-order valence-electron chi connectivity index (χ0n) is 13.0. The number of carbonyl (C=O) groups is 3. The predicted molar refractivity (Wildman–Crippen MR) is 83.6 cm³/mol. The number of hydrogen-bond donors (Lipinski definition) is 3. The van der Waals surface area contributed by atoms with Gasteiger partial charge in [0.1, 0.15) is 5.82 Å². The number of methoxy groups -OCH3 is 1. The van der Waals surface area contributed by atoms with E-state index in [2.05, 4.69) is 26.1 Å². The summed E-state index contributed by atoms with van der Waals surface area (Å²) >= 11 is 0. The van der Waals surface area contributed by atoms with Crippen molar-refractivity contribution in [1.82, 2.24) is 15.7 Å². The van der Waals surface area contributed by atoms with Crippen LogP contribution in [0.4, 0.5) is 5.82 Å². The van der Waals surface area contributed by atoms with Gasteiger partial charge in [-0.15, -0.1) is 0 Å². The van der Waals surface area contributed by atoms with E-state index in [1.165, 1.54) is 7.11 Å². The normalized spacial score (nSPS) is 10.8. The summed E-state index contributed by atoms with van der Waals surface area (Å²) in [6.07, 6.45) is 1.52. The maximum atomic E-state index is 11.7. The van der Waals surface area contributed by atoms with Gasteiger partial charge in [0.25, 0.3) is 0 Å². The highest BCUT2D eigenvalue weighted by Crippen LogP contribution is 2.00. The van der Waals surface area contributed by atoms with Crippen LogP contribution in [-0.4, -0.2) is 48.7 Å². The summed E-state index contributed by atoms with van der Waals surface area (Å²) in [5.74, 6) is -1.64. The van der Waals surface area contributed by atoms with Crippen LogP contribution in [0.25, 0.3) is 0 Å². The molecule has 3 amide bonds. The molecule has 9 nitrogen and oxygen atoms in total. The molecule has 1 aromatic heterocycles. The van der Waals surface area contributed by atoms with Crippen LogP contribution in [-0.2, 0) is 19.1 Å². The molecule has 0 radical (unpaired) electrons. The van der Waals surface area contributed by atoms with Gasteiger partial charge in [-0.2, -0.15) is 5.10 Å². The molecule has 0 fully saturated rings. The van der Waals surface area contributed by atoms with Crippen molar-refractivity contribution in [3.8, 4) is 0 Å². The molecule has 0 bridgehead atoms. The standard InChI is InChI=1S/C14H19N5O4/c1-10(9-12(20)17-11-5-3-4-6-15-11)18-19-14(22)13(21)16-7-8-23-2/h3-6H,7-9H2,1-2H3,(H,16,21)(H,19,22)(H,15,17,20). The lowest BCUT2D eigenvalue weighted by Crippen LogP contribution is -2.39. The van der Waals surface area contributed by atoms with Crippen LogP contribution in [0.15, 0.2) is 29.5 Å². The second-order valence-corrected chi connectivity index (χ2v) is 4.48. The lowest BCUT2D eigenvalue weighted by atomic mass is 10.3. The molecule has 0 unspecified atom stereocenters. The van der Waals surface area contributed by atoms with E-state index in [9.17, 15) is 14.4 Å². The number of nitrogens with one attached hydrogen (secondary N) is 3. The molecule has 3 N–H and O–H groups in total. The van der Waals surface area contributed by atoms with Crippen LogP contribution in [0.1, 0.15) is 13.3 Å². The Morgan fingerprint density at radius 3 is 2.70 bits per heavy atom. The van der Waals surface area contributed by atoms with Gasteiger partial charge < -0.3 is 15.4 Å². The molecule has 0 aliphatic rings. The van der Waals surface area contributed by atoms with Crippen LogP contribution in [0.2, 0.25) is 0 Å². The molecule has 9 heteroatoms. The molecule has 0 spiro atoms. The Balaban J connectivity index is 2.37. The number of hydrogen-bond acceptors (Lipinski definition) is 6. The Hall–Kier alpha value is -2.81. The van der Waals surface area contributed by atoms with E-state index in [0.717, 1.165) is 0 Å². The van der Waals surface area contributed by atoms with E-state index in [4.69, 9.17) is 4.74 Å². The Morgan fingerprint density at radius 1 is 1.26 bits per heavy atom. The number of nitrogens with zero attached hydrogens (tertiary/aromatic N) is 2. The van der Waals surface area contributed by atoms with Gasteiger partial charge in [-0.3, -0.25) is 14.4 Å². The third-order valence-electron chi connectivity index (χ3n) is 2.50. The number of rotatable bonds is 7. The minimum absolute atomic E-state index is 0.0395. The van der Waals surface area contributed by atoms with Gasteiger partial charge in [0.05, 0.1) is 13.0 Å². The van der Waals surface area contributed by atoms with Crippen LogP contribution in [0.5, 0.6) is 0 Å². The van der Waals surface area contributed by atoms with Gasteiger partial charge in [-0.25, -0.2) is 10.4 Å². The van der Waals surface area contributed by atoms with Gasteiger partial charge in [-0.1, -0.05) is 6.07 Å². The Bertz CT molecular complexity index is 574. The van der Waals surface area contributed by atoms with Crippen molar-refractivity contribution in [2.24, 2.45) is 5.10 Å². The lowest BCUT2D eigenvalue weighted by Gasteiger charge is -2.05. The first-order valence-electron chi connectivity index (χ1n) is 6.84. The zero-order chi connectivity index (χ0) is 17.1. The van der Waals surface area contributed by atoms with Gasteiger partial charge in [-0.05, 0) is 19.1 Å². The number of hydrazone groups is 1. The fourth-order valence-corrected chi connectivity index (χ4v) is 1.44. The first kappa shape index (κ1) is 18.2. The molecule has 0 aliphatic carbocycles. The topological polar surface area (TPSA) is 122 Å². The minimum Gasteiger partial charge on any atom is -0.383 e. The molecule has 1 rings (SSSR count). The molecule has 0 saturated carbocycles. The first-order valence-corrected chi connectivity index (χ1v) is 6.84. The summed E-state index contributed by atoms with van der Waals surface area (Å²) in [6.45, 7) is 2.08. The molecule has 0 saturated heterocycles. The zero-order valence-corrected chi connectivity index (χ0v) is 13.0. The predicted octanol–water partition coefficient (Wildman–Crippen LogP) is -0.335. The summed E-state index contributed by atoms with van der Waals surface area (Å²) in [5, 5.41) is 8.63. The number of ether oxygens (including phenoxy) is 1. The Kier molecular flexibility index (Phi) is 7.94. The largest absolute Gasteiger partial charge is 0.383 e. The molecular formula is C14H19N5O4. The quantitative estimate of drug-likeness (QED) is 0.275. The molecule has 0 atom stereocenters. The molecule has 1 aromatic rings. The van der Waals surface area contributed by atoms with Crippen molar-refractivity contribution >= 4 is 29.3 Å². The van der Waals surface area contributed by atoms with Crippen molar-refractivity contribution in [3.05, 3.63) is 24.4 Å². The van der Waals surface area contributed by atoms with Crippen LogP contribution >= 0.6 is 0 Å². The molecule has 23 heavy (non-hydrogen) atoms. The van der Waals surface area contributed by atoms with E-state index in [0.29, 0.717) is 18.1 Å². The second-order valence-electron chi connectivity index (χ2n) is 4.48. The highest BCUT2D eigenvalue weighted by Gasteiger charge is 2.12. The van der Waals surface area contributed by atoms with E-state index >= 15 is 0 Å². The van der Waals surface area contributed by atoms with Crippen molar-refractivity contribution in [2.75, 3.05) is 25.6 Å². The van der Waals surface area contributed by atoms with Gasteiger partial charge in [0.2, 0.25) is 5.91 Å². The average molecular weight is 321 g/mol. The van der Waals surface area contributed by atoms with Crippen LogP contribution in [0.3, 0.4) is 0 Å². The van der Waals surface area contributed by atoms with E-state index in [1.807, 2.05) is 0 Å². The number of carbonyl (C=O) groups excluding carboxylic acids is 3. The first-order chi connectivity index (χ1) is 11.0. The van der Waals surface area contributed by atoms with Crippen molar-refractivity contribution < 1.29 is 19.1 Å². The third-order valence-corrected chi connectivity index (χ3v) is 2.50. The summed E-state index contributed by atoms with van der Waals surface area (Å²) in [6, 6.07) is 5.12. The number of pyridine rings is 1.